The highest BCUT2D eigenvalue weighted by atomic mass is 16.5. The van der Waals surface area contributed by atoms with Crippen molar-refractivity contribution in [1.82, 2.24) is 0 Å². The molecule has 0 radical (unpaired) electrons. The van der Waals surface area contributed by atoms with E-state index in [0.717, 1.165) is 30.4 Å². The standard InChI is InChI=1S/C31H32N2O5/c1-4-5-8-17-35-27-10-7-6-9-24(27)29-25-16-15-23(18-28(25)38-30(33)26(29)19-32)37-31(34)21-11-13-22(14-12-21)36-20(2)3/h6-7,9-16,18,20,29H,4-5,8,17,33H2,1-3H3. The largest absolute Gasteiger partial charge is 0.493 e. The van der Waals surface area contributed by atoms with Crippen LogP contribution in [-0.2, 0) is 0 Å². The topological polar surface area (TPSA) is 104 Å². The molecule has 2 N–H and O–H groups in total. The van der Waals surface area contributed by atoms with E-state index in [1.165, 1.54) is 0 Å². The highest BCUT2D eigenvalue weighted by molar-refractivity contribution is 5.91. The van der Waals surface area contributed by atoms with Gasteiger partial charge < -0.3 is 24.7 Å². The highest BCUT2D eigenvalue weighted by Gasteiger charge is 2.33. The smallest absolute Gasteiger partial charge is 0.343 e. The number of nitrogens with two attached hydrogens (primary N) is 1. The van der Waals surface area contributed by atoms with Crippen LogP contribution >= 0.6 is 0 Å². The molecule has 1 aliphatic rings. The number of para-hydroxylation sites is 1. The Morgan fingerprint density at radius 2 is 1.76 bits per heavy atom. The van der Waals surface area contributed by atoms with Gasteiger partial charge >= 0.3 is 5.97 Å². The molecule has 1 aliphatic heterocycles. The van der Waals surface area contributed by atoms with Gasteiger partial charge in [-0.15, -0.1) is 0 Å². The van der Waals surface area contributed by atoms with Crippen LogP contribution in [0.4, 0.5) is 0 Å². The number of nitrogens with zero attached hydrogens (tertiary/aromatic N) is 1. The van der Waals surface area contributed by atoms with E-state index in [2.05, 4.69) is 13.0 Å². The fourth-order valence-corrected chi connectivity index (χ4v) is 4.31. The van der Waals surface area contributed by atoms with Gasteiger partial charge in [0.25, 0.3) is 0 Å². The van der Waals surface area contributed by atoms with Gasteiger partial charge in [0.2, 0.25) is 5.88 Å². The maximum atomic E-state index is 12.8. The van der Waals surface area contributed by atoms with Gasteiger partial charge in [-0.1, -0.05) is 44.0 Å². The summed E-state index contributed by atoms with van der Waals surface area (Å²) in [6.45, 7) is 6.60. The van der Waals surface area contributed by atoms with Crippen LogP contribution in [0, 0.1) is 11.3 Å². The predicted octanol–water partition coefficient (Wildman–Crippen LogP) is 6.48. The molecule has 1 unspecified atom stereocenters. The zero-order chi connectivity index (χ0) is 27.1. The number of allylic oxidation sites excluding steroid dienone is 1. The molecule has 0 aliphatic carbocycles. The number of ether oxygens (including phenoxy) is 4. The molecule has 0 bridgehead atoms. The van der Waals surface area contributed by atoms with E-state index in [0.29, 0.717) is 40.7 Å². The van der Waals surface area contributed by atoms with Crippen LogP contribution in [-0.4, -0.2) is 18.7 Å². The third kappa shape index (κ3) is 6.09. The molecule has 0 aromatic heterocycles. The molecule has 38 heavy (non-hydrogen) atoms. The van der Waals surface area contributed by atoms with Crippen LogP contribution in [0.2, 0.25) is 0 Å². The lowest BCUT2D eigenvalue weighted by Gasteiger charge is -2.28. The third-order valence-corrected chi connectivity index (χ3v) is 6.10. The van der Waals surface area contributed by atoms with Gasteiger partial charge in [-0.05, 0) is 56.7 Å². The zero-order valence-corrected chi connectivity index (χ0v) is 21.9. The Balaban J connectivity index is 1.60. The van der Waals surface area contributed by atoms with Crippen molar-refractivity contribution in [3.05, 3.63) is 94.9 Å². The number of carbonyl (C=O) groups excluding carboxylic acids is 1. The number of benzene rings is 3. The first-order valence-corrected chi connectivity index (χ1v) is 12.8. The second-order valence-electron chi connectivity index (χ2n) is 9.30. The van der Waals surface area contributed by atoms with Crippen LogP contribution in [0.3, 0.4) is 0 Å². The molecule has 0 fully saturated rings. The summed E-state index contributed by atoms with van der Waals surface area (Å²) >= 11 is 0. The van der Waals surface area contributed by atoms with Crippen molar-refractivity contribution < 1.29 is 23.7 Å². The van der Waals surface area contributed by atoms with Crippen molar-refractivity contribution in [1.29, 1.82) is 5.26 Å². The summed E-state index contributed by atoms with van der Waals surface area (Å²) in [7, 11) is 0. The van der Waals surface area contributed by atoms with Gasteiger partial charge in [-0.2, -0.15) is 5.26 Å². The summed E-state index contributed by atoms with van der Waals surface area (Å²) in [5.41, 5.74) is 8.43. The number of rotatable bonds is 10. The first kappa shape index (κ1) is 26.6. The molecule has 1 heterocycles. The van der Waals surface area contributed by atoms with Gasteiger partial charge in [0.05, 0.1) is 24.2 Å². The first-order chi connectivity index (χ1) is 18.4. The summed E-state index contributed by atoms with van der Waals surface area (Å²) < 4.78 is 23.1. The molecule has 0 amide bonds. The van der Waals surface area contributed by atoms with Crippen LogP contribution in [0.1, 0.15) is 67.4 Å². The van der Waals surface area contributed by atoms with Crippen LogP contribution in [0.15, 0.2) is 78.2 Å². The average Bonchev–Trinajstić information content (AvgIpc) is 2.90. The Bertz CT molecular complexity index is 1360. The lowest BCUT2D eigenvalue weighted by atomic mass is 9.83. The number of hydrogen-bond acceptors (Lipinski definition) is 7. The van der Waals surface area contributed by atoms with Crippen molar-refractivity contribution in [2.75, 3.05) is 6.61 Å². The molecule has 0 saturated carbocycles. The first-order valence-electron chi connectivity index (χ1n) is 12.8. The van der Waals surface area contributed by atoms with Gasteiger partial charge in [-0.3, -0.25) is 0 Å². The number of nitriles is 1. The Kier molecular flexibility index (Phi) is 8.55. The van der Waals surface area contributed by atoms with E-state index in [-0.39, 0.29) is 12.0 Å². The van der Waals surface area contributed by atoms with Crippen molar-refractivity contribution in [3.8, 4) is 29.1 Å². The summed E-state index contributed by atoms with van der Waals surface area (Å²) in [5.74, 6) is 1.10. The maximum Gasteiger partial charge on any atom is 0.343 e. The molecule has 3 aromatic carbocycles. The van der Waals surface area contributed by atoms with Crippen molar-refractivity contribution in [3.63, 3.8) is 0 Å². The summed E-state index contributed by atoms with van der Waals surface area (Å²) in [6.07, 6.45) is 3.16. The minimum atomic E-state index is -0.513. The lowest BCUT2D eigenvalue weighted by molar-refractivity contribution is 0.0734. The van der Waals surface area contributed by atoms with Crippen molar-refractivity contribution in [2.45, 2.75) is 52.1 Å². The van der Waals surface area contributed by atoms with Crippen LogP contribution in [0.5, 0.6) is 23.0 Å². The third-order valence-electron chi connectivity index (χ3n) is 6.10. The van der Waals surface area contributed by atoms with Crippen LogP contribution in [0.25, 0.3) is 0 Å². The van der Waals surface area contributed by atoms with E-state index in [1.807, 2.05) is 38.1 Å². The Hall–Kier alpha value is -4.44. The number of unbranched alkanes of at least 4 members (excludes halogenated alkanes) is 2. The number of hydrogen-bond donors (Lipinski definition) is 1. The number of carbonyl (C=O) groups is 1. The Morgan fingerprint density at radius 3 is 2.47 bits per heavy atom. The molecular formula is C31H32N2O5. The molecule has 7 heteroatoms. The minimum absolute atomic E-state index is 0.00926. The molecule has 196 valence electrons. The lowest BCUT2D eigenvalue weighted by Crippen LogP contribution is -2.21. The molecule has 0 spiro atoms. The van der Waals surface area contributed by atoms with Crippen molar-refractivity contribution in [2.24, 2.45) is 5.73 Å². The predicted molar refractivity (Wildman–Crippen MR) is 144 cm³/mol. The SMILES string of the molecule is CCCCCOc1ccccc1C1C(C#N)=C(N)Oc2cc(OC(=O)c3ccc(OC(C)C)cc3)ccc21. The van der Waals surface area contributed by atoms with Crippen LogP contribution < -0.4 is 24.7 Å². The maximum absolute atomic E-state index is 12.8. The molecule has 1 atom stereocenters. The summed E-state index contributed by atoms with van der Waals surface area (Å²) in [5, 5.41) is 9.94. The van der Waals surface area contributed by atoms with E-state index >= 15 is 0 Å². The summed E-state index contributed by atoms with van der Waals surface area (Å²) in [6, 6.07) is 21.7. The van der Waals surface area contributed by atoms with Gasteiger partial charge in [0.1, 0.15) is 34.6 Å². The molecule has 0 saturated heterocycles. The van der Waals surface area contributed by atoms with Gasteiger partial charge in [0, 0.05) is 17.2 Å². The highest BCUT2D eigenvalue weighted by Crippen LogP contribution is 2.46. The fourth-order valence-electron chi connectivity index (χ4n) is 4.31. The monoisotopic (exact) mass is 512 g/mol. The molecule has 4 rings (SSSR count). The number of esters is 1. The van der Waals surface area contributed by atoms with Gasteiger partial charge in [0.15, 0.2) is 0 Å². The zero-order valence-electron chi connectivity index (χ0n) is 21.9. The van der Waals surface area contributed by atoms with E-state index in [4.69, 9.17) is 24.7 Å². The normalized spacial score (nSPS) is 14.3. The average molecular weight is 513 g/mol. The van der Waals surface area contributed by atoms with E-state index in [9.17, 15) is 10.1 Å². The molecule has 7 nitrogen and oxygen atoms in total. The molecule has 3 aromatic rings. The van der Waals surface area contributed by atoms with E-state index < -0.39 is 11.9 Å². The Morgan fingerprint density at radius 1 is 1.03 bits per heavy atom. The van der Waals surface area contributed by atoms with Gasteiger partial charge in [-0.25, -0.2) is 4.79 Å². The second-order valence-corrected chi connectivity index (χ2v) is 9.30. The summed E-state index contributed by atoms with van der Waals surface area (Å²) in [4.78, 5) is 12.8. The van der Waals surface area contributed by atoms with E-state index in [1.54, 1.807) is 42.5 Å². The number of fused-ring (bicyclic) bond motifs is 1. The second kappa shape index (κ2) is 12.2. The fraction of sp³-hybridized carbons (Fsp3) is 0.290. The molecular weight excluding hydrogens is 480 g/mol. The minimum Gasteiger partial charge on any atom is -0.493 e. The van der Waals surface area contributed by atoms with Crippen molar-refractivity contribution >= 4 is 5.97 Å². The quantitative estimate of drug-likeness (QED) is 0.188. The Labute approximate surface area is 223 Å².